The molecule has 0 radical (unpaired) electrons. The molecule has 376 valence electrons. The van der Waals surface area contributed by atoms with E-state index >= 15 is 0 Å². The van der Waals surface area contributed by atoms with E-state index in [9.17, 15) is 14.4 Å². The third-order valence-electron chi connectivity index (χ3n) is 12.0. The van der Waals surface area contributed by atoms with Crippen LogP contribution in [0.3, 0.4) is 0 Å². The fourth-order valence-electron chi connectivity index (χ4n) is 7.88. The van der Waals surface area contributed by atoms with Gasteiger partial charge in [-0.15, -0.1) is 0 Å². The molecule has 1 atom stereocenters. The molecule has 0 aliphatic carbocycles. The Kier molecular flexibility index (Phi) is 51.3. The summed E-state index contributed by atoms with van der Waals surface area (Å²) in [4.78, 5) is 37.7. The fraction of sp³-hybridized carbons (Fsp3) is 0.780. The Morgan fingerprint density at radius 3 is 0.938 bits per heavy atom. The van der Waals surface area contributed by atoms with Crippen LogP contribution >= 0.6 is 0 Å². The molecule has 0 heterocycles. The van der Waals surface area contributed by atoms with Gasteiger partial charge >= 0.3 is 17.9 Å². The number of carbonyl (C=O) groups excluding carboxylic acids is 3. The van der Waals surface area contributed by atoms with Crippen LogP contribution in [0.4, 0.5) is 0 Å². The minimum Gasteiger partial charge on any atom is -0.462 e. The van der Waals surface area contributed by atoms with Gasteiger partial charge in [-0.1, -0.05) is 255 Å². The van der Waals surface area contributed by atoms with Crippen molar-refractivity contribution >= 4 is 17.9 Å². The van der Waals surface area contributed by atoms with Crippen molar-refractivity contribution in [3.05, 3.63) is 60.8 Å². The maximum absolute atomic E-state index is 12.7. The summed E-state index contributed by atoms with van der Waals surface area (Å²) in [5.74, 6) is -0.878. The van der Waals surface area contributed by atoms with Crippen molar-refractivity contribution in [2.45, 2.75) is 284 Å². The summed E-state index contributed by atoms with van der Waals surface area (Å²) in [6, 6.07) is 0. The van der Waals surface area contributed by atoms with E-state index in [4.69, 9.17) is 14.2 Å². The maximum Gasteiger partial charge on any atom is 0.306 e. The van der Waals surface area contributed by atoms with Gasteiger partial charge in [0, 0.05) is 19.3 Å². The monoisotopic (exact) mass is 909 g/mol. The van der Waals surface area contributed by atoms with Crippen LogP contribution in [0.1, 0.15) is 278 Å². The largest absolute Gasteiger partial charge is 0.462 e. The van der Waals surface area contributed by atoms with Crippen molar-refractivity contribution in [1.82, 2.24) is 0 Å². The standard InChI is InChI=1S/C59H104O6/c1-4-7-10-13-15-17-19-21-22-23-24-25-26-27-28-29-30-31-32-33-34-35-36-38-39-41-43-46-49-52-58(61)64-55-56(54-63-57(60)51-48-45-12-9-6-3)65-59(62)53-50-47-44-42-40-37-20-18-16-14-11-8-5-2/h7,10,15,17,21-22,24-25,27-28,56H,4-6,8-9,11-14,16,18-20,23,26,29-55H2,1-3H3/b10-7-,17-15-,22-21-,25-24-,28-27-. The van der Waals surface area contributed by atoms with Crippen molar-refractivity contribution in [2.75, 3.05) is 13.2 Å². The van der Waals surface area contributed by atoms with E-state index in [0.717, 1.165) is 96.3 Å². The Morgan fingerprint density at radius 2 is 0.600 bits per heavy atom. The van der Waals surface area contributed by atoms with Crippen molar-refractivity contribution in [3.8, 4) is 0 Å². The molecule has 0 saturated heterocycles. The predicted molar refractivity (Wildman–Crippen MR) is 279 cm³/mol. The topological polar surface area (TPSA) is 78.9 Å². The van der Waals surface area contributed by atoms with Gasteiger partial charge in [0.05, 0.1) is 0 Å². The Labute approximate surface area is 402 Å². The third kappa shape index (κ3) is 51.9. The molecule has 0 aliphatic heterocycles. The number of hydrogen-bond acceptors (Lipinski definition) is 6. The van der Waals surface area contributed by atoms with Gasteiger partial charge in [0.15, 0.2) is 6.10 Å². The second-order valence-corrected chi connectivity index (χ2v) is 18.5. The summed E-state index contributed by atoms with van der Waals surface area (Å²) in [7, 11) is 0. The van der Waals surface area contributed by atoms with Gasteiger partial charge in [0.2, 0.25) is 0 Å². The predicted octanol–water partition coefficient (Wildman–Crippen LogP) is 18.4. The van der Waals surface area contributed by atoms with E-state index < -0.39 is 6.10 Å². The average molecular weight is 909 g/mol. The van der Waals surface area contributed by atoms with Gasteiger partial charge in [-0.2, -0.15) is 0 Å². The Morgan fingerprint density at radius 1 is 0.323 bits per heavy atom. The normalized spacial score (nSPS) is 12.5. The zero-order valence-corrected chi connectivity index (χ0v) is 43.0. The molecular formula is C59H104O6. The highest BCUT2D eigenvalue weighted by Crippen LogP contribution is 2.16. The summed E-state index contributed by atoms with van der Waals surface area (Å²) in [5.41, 5.74) is 0. The molecule has 0 fully saturated rings. The lowest BCUT2D eigenvalue weighted by atomic mass is 10.0. The number of hydrogen-bond donors (Lipinski definition) is 0. The summed E-state index contributed by atoms with van der Waals surface area (Å²) in [5, 5.41) is 0. The Balaban J connectivity index is 3.99. The lowest BCUT2D eigenvalue weighted by Crippen LogP contribution is -2.30. The van der Waals surface area contributed by atoms with Crippen molar-refractivity contribution in [3.63, 3.8) is 0 Å². The van der Waals surface area contributed by atoms with E-state index in [1.165, 1.54) is 141 Å². The quantitative estimate of drug-likeness (QED) is 0.0262. The molecule has 0 aromatic rings. The van der Waals surface area contributed by atoms with E-state index in [-0.39, 0.29) is 31.1 Å². The molecule has 6 heteroatoms. The SMILES string of the molecule is CC/C=C\C/C=C\C/C=C\C/C=C\C/C=C\CCCCCCCCCCCCCCCC(=O)OCC(COC(=O)CCCCCCC)OC(=O)CCCCCCCCCCCCCCC. The summed E-state index contributed by atoms with van der Waals surface area (Å²) in [6.07, 6.45) is 66.9. The zero-order valence-electron chi connectivity index (χ0n) is 43.0. The van der Waals surface area contributed by atoms with Gasteiger partial charge in [0.1, 0.15) is 13.2 Å². The van der Waals surface area contributed by atoms with Crippen LogP contribution < -0.4 is 0 Å². The number of unbranched alkanes of at least 4 members (excludes halogenated alkanes) is 29. The van der Waals surface area contributed by atoms with Gasteiger partial charge in [-0.25, -0.2) is 0 Å². The molecule has 6 nitrogen and oxygen atoms in total. The molecule has 0 spiro atoms. The van der Waals surface area contributed by atoms with Gasteiger partial charge in [-0.3, -0.25) is 14.4 Å². The highest BCUT2D eigenvalue weighted by Gasteiger charge is 2.19. The summed E-state index contributed by atoms with van der Waals surface area (Å²) < 4.78 is 16.7. The zero-order chi connectivity index (χ0) is 47.2. The molecule has 1 unspecified atom stereocenters. The van der Waals surface area contributed by atoms with Crippen LogP contribution in [0.25, 0.3) is 0 Å². The number of ether oxygens (including phenoxy) is 3. The first-order valence-electron chi connectivity index (χ1n) is 27.8. The molecule has 0 aromatic heterocycles. The first-order valence-corrected chi connectivity index (χ1v) is 27.8. The fourth-order valence-corrected chi connectivity index (χ4v) is 7.88. The second-order valence-electron chi connectivity index (χ2n) is 18.5. The summed E-state index contributed by atoms with van der Waals surface area (Å²) in [6.45, 7) is 6.46. The van der Waals surface area contributed by atoms with Crippen LogP contribution in [0.15, 0.2) is 60.8 Å². The highest BCUT2D eigenvalue weighted by molar-refractivity contribution is 5.71. The van der Waals surface area contributed by atoms with Gasteiger partial charge in [0.25, 0.3) is 0 Å². The molecule has 0 aromatic carbocycles. The number of esters is 3. The first kappa shape index (κ1) is 62.1. The molecule has 65 heavy (non-hydrogen) atoms. The van der Waals surface area contributed by atoms with Crippen molar-refractivity contribution in [2.24, 2.45) is 0 Å². The average Bonchev–Trinajstić information content (AvgIpc) is 3.30. The molecule has 0 saturated carbocycles. The minimum absolute atomic E-state index is 0.0714. The molecule has 0 N–H and O–H groups in total. The number of allylic oxidation sites excluding steroid dienone is 10. The van der Waals surface area contributed by atoms with E-state index in [1.807, 2.05) is 0 Å². The smallest absolute Gasteiger partial charge is 0.306 e. The maximum atomic E-state index is 12.7. The lowest BCUT2D eigenvalue weighted by Gasteiger charge is -2.18. The van der Waals surface area contributed by atoms with Gasteiger partial charge < -0.3 is 14.2 Å². The van der Waals surface area contributed by atoms with Crippen LogP contribution in [-0.4, -0.2) is 37.2 Å². The third-order valence-corrected chi connectivity index (χ3v) is 12.0. The number of carbonyl (C=O) groups is 3. The summed E-state index contributed by atoms with van der Waals surface area (Å²) >= 11 is 0. The molecule has 0 aliphatic rings. The van der Waals surface area contributed by atoms with Crippen LogP contribution in [-0.2, 0) is 28.6 Å². The van der Waals surface area contributed by atoms with E-state index in [0.29, 0.717) is 19.3 Å². The second kappa shape index (κ2) is 53.7. The van der Waals surface area contributed by atoms with E-state index in [1.54, 1.807) is 0 Å². The molecule has 0 bridgehead atoms. The lowest BCUT2D eigenvalue weighted by molar-refractivity contribution is -0.167. The first-order chi connectivity index (χ1) is 32.0. The van der Waals surface area contributed by atoms with Crippen molar-refractivity contribution in [1.29, 1.82) is 0 Å². The Hall–Kier alpha value is -2.89. The van der Waals surface area contributed by atoms with Crippen molar-refractivity contribution < 1.29 is 28.6 Å². The van der Waals surface area contributed by atoms with Crippen LogP contribution in [0.2, 0.25) is 0 Å². The van der Waals surface area contributed by atoms with Crippen LogP contribution in [0, 0.1) is 0 Å². The Bertz CT molecular complexity index is 1180. The van der Waals surface area contributed by atoms with Gasteiger partial charge in [-0.05, 0) is 64.2 Å². The molecule has 0 amide bonds. The molecule has 0 rings (SSSR count). The minimum atomic E-state index is -0.766. The highest BCUT2D eigenvalue weighted by atomic mass is 16.6. The van der Waals surface area contributed by atoms with Crippen LogP contribution in [0.5, 0.6) is 0 Å². The number of rotatable bonds is 50. The molecular weight excluding hydrogens is 805 g/mol. The van der Waals surface area contributed by atoms with E-state index in [2.05, 4.69) is 81.5 Å².